The molecular formula is C16H15ClN4O2S. The Morgan fingerprint density at radius 2 is 1.96 bits per heavy atom. The van der Waals surface area contributed by atoms with E-state index in [-0.39, 0.29) is 12.3 Å². The number of esters is 1. The third kappa shape index (κ3) is 3.32. The Kier molecular flexibility index (Phi) is 4.64. The van der Waals surface area contributed by atoms with Gasteiger partial charge in [0, 0.05) is 17.5 Å². The fourth-order valence-corrected chi connectivity index (χ4v) is 3.26. The maximum atomic E-state index is 12.3. The molecule has 0 radical (unpaired) electrons. The normalized spacial score (nSPS) is 10.8. The van der Waals surface area contributed by atoms with Gasteiger partial charge in [-0.1, -0.05) is 11.6 Å². The molecule has 0 bridgehead atoms. The van der Waals surface area contributed by atoms with Crippen molar-refractivity contribution >= 4 is 28.9 Å². The van der Waals surface area contributed by atoms with E-state index >= 15 is 0 Å². The third-order valence-electron chi connectivity index (χ3n) is 3.18. The average Bonchev–Trinajstić information content (AvgIpc) is 3.12. The average molecular weight is 363 g/mol. The van der Waals surface area contributed by atoms with Crippen LogP contribution in [0.4, 0.5) is 0 Å². The van der Waals surface area contributed by atoms with E-state index in [9.17, 15) is 4.79 Å². The number of rotatable bonds is 4. The second kappa shape index (κ2) is 6.70. The van der Waals surface area contributed by atoms with E-state index < -0.39 is 5.97 Å². The molecule has 0 unspecified atom stereocenters. The van der Waals surface area contributed by atoms with Crippen molar-refractivity contribution in [3.8, 4) is 16.5 Å². The zero-order valence-corrected chi connectivity index (χ0v) is 15.0. The summed E-state index contributed by atoms with van der Waals surface area (Å²) in [5.41, 5.74) is 2.49. The lowest BCUT2D eigenvalue weighted by Crippen LogP contribution is -2.14. The second-order valence-electron chi connectivity index (χ2n) is 5.10. The van der Waals surface area contributed by atoms with Crippen molar-refractivity contribution in [2.75, 3.05) is 6.61 Å². The molecule has 0 N–H and O–H groups in total. The van der Waals surface area contributed by atoms with Gasteiger partial charge in [0.2, 0.25) is 0 Å². The van der Waals surface area contributed by atoms with Gasteiger partial charge in [-0.05, 0) is 39.0 Å². The third-order valence-corrected chi connectivity index (χ3v) is 4.43. The van der Waals surface area contributed by atoms with Gasteiger partial charge in [0.05, 0.1) is 15.8 Å². The van der Waals surface area contributed by atoms with E-state index in [1.807, 2.05) is 26.0 Å². The van der Waals surface area contributed by atoms with Crippen LogP contribution in [0.25, 0.3) is 16.5 Å². The number of halogens is 1. The minimum absolute atomic E-state index is 0.276. The van der Waals surface area contributed by atoms with Crippen LogP contribution in [0.3, 0.4) is 0 Å². The van der Waals surface area contributed by atoms with Crippen LogP contribution in [-0.4, -0.2) is 32.3 Å². The van der Waals surface area contributed by atoms with Crippen molar-refractivity contribution in [3.05, 3.63) is 45.7 Å². The SMILES string of the molecule is CCOC(=O)c1cc(-c2ccc(Cl)s2)nn1-c1nc(C)cc(C)n1. The fraction of sp³-hybridized carbons (Fsp3) is 0.250. The number of hydrogen-bond donors (Lipinski definition) is 0. The highest BCUT2D eigenvalue weighted by atomic mass is 35.5. The summed E-state index contributed by atoms with van der Waals surface area (Å²) in [4.78, 5) is 21.9. The lowest BCUT2D eigenvalue weighted by atomic mass is 10.3. The Bertz CT molecular complexity index is 883. The van der Waals surface area contributed by atoms with Gasteiger partial charge in [-0.15, -0.1) is 11.3 Å². The zero-order chi connectivity index (χ0) is 17.3. The molecule has 0 aromatic carbocycles. The zero-order valence-electron chi connectivity index (χ0n) is 13.4. The highest BCUT2D eigenvalue weighted by Gasteiger charge is 2.21. The van der Waals surface area contributed by atoms with Crippen molar-refractivity contribution in [1.82, 2.24) is 19.7 Å². The van der Waals surface area contributed by atoms with Crippen LogP contribution < -0.4 is 0 Å². The smallest absolute Gasteiger partial charge is 0.357 e. The monoisotopic (exact) mass is 362 g/mol. The molecule has 0 aliphatic carbocycles. The van der Waals surface area contributed by atoms with E-state index in [0.717, 1.165) is 16.3 Å². The summed E-state index contributed by atoms with van der Waals surface area (Å²) in [7, 11) is 0. The van der Waals surface area contributed by atoms with Gasteiger partial charge in [-0.3, -0.25) is 0 Å². The van der Waals surface area contributed by atoms with E-state index in [4.69, 9.17) is 16.3 Å². The molecule has 8 heteroatoms. The molecule has 0 aliphatic rings. The van der Waals surface area contributed by atoms with Gasteiger partial charge in [-0.25, -0.2) is 14.8 Å². The standard InChI is InChI=1S/C16H15ClN4O2S/c1-4-23-15(22)12-8-11(13-5-6-14(17)24-13)20-21(12)16-18-9(2)7-10(3)19-16/h5-8H,4H2,1-3H3. The number of hydrogen-bond acceptors (Lipinski definition) is 6. The van der Waals surface area contributed by atoms with Gasteiger partial charge >= 0.3 is 5.97 Å². The van der Waals surface area contributed by atoms with Crippen LogP contribution in [-0.2, 0) is 4.74 Å². The van der Waals surface area contributed by atoms with Gasteiger partial charge in [-0.2, -0.15) is 9.78 Å². The van der Waals surface area contributed by atoms with Gasteiger partial charge in [0.15, 0.2) is 5.69 Å². The molecular weight excluding hydrogens is 348 g/mol. The quantitative estimate of drug-likeness (QED) is 0.659. The van der Waals surface area contributed by atoms with E-state index in [0.29, 0.717) is 16.0 Å². The van der Waals surface area contributed by atoms with Crippen LogP contribution in [0.5, 0.6) is 0 Å². The summed E-state index contributed by atoms with van der Waals surface area (Å²) in [5, 5.41) is 4.49. The van der Waals surface area contributed by atoms with Crippen LogP contribution >= 0.6 is 22.9 Å². The van der Waals surface area contributed by atoms with Crippen molar-refractivity contribution in [1.29, 1.82) is 0 Å². The van der Waals surface area contributed by atoms with Crippen LogP contribution in [0.2, 0.25) is 4.34 Å². The maximum absolute atomic E-state index is 12.3. The van der Waals surface area contributed by atoms with Crippen molar-refractivity contribution in [2.45, 2.75) is 20.8 Å². The Balaban J connectivity index is 2.15. The van der Waals surface area contributed by atoms with Gasteiger partial charge in [0.1, 0.15) is 5.69 Å². The molecule has 3 rings (SSSR count). The number of carbonyl (C=O) groups excluding carboxylic acids is 1. The molecule has 0 amide bonds. The summed E-state index contributed by atoms with van der Waals surface area (Å²) in [6.07, 6.45) is 0. The highest BCUT2D eigenvalue weighted by molar-refractivity contribution is 7.19. The Morgan fingerprint density at radius 3 is 2.54 bits per heavy atom. The molecule has 0 aliphatic heterocycles. The Morgan fingerprint density at radius 1 is 1.25 bits per heavy atom. The Labute approximate surface area is 148 Å². The number of aryl methyl sites for hydroxylation is 2. The molecule has 24 heavy (non-hydrogen) atoms. The summed E-state index contributed by atoms with van der Waals surface area (Å²) in [5.74, 6) is -0.133. The predicted molar refractivity (Wildman–Crippen MR) is 92.9 cm³/mol. The van der Waals surface area contributed by atoms with Gasteiger partial charge < -0.3 is 4.74 Å². The van der Waals surface area contributed by atoms with Crippen molar-refractivity contribution in [3.63, 3.8) is 0 Å². The molecule has 0 fully saturated rings. The molecule has 3 aromatic rings. The second-order valence-corrected chi connectivity index (χ2v) is 6.82. The first kappa shape index (κ1) is 16.6. The number of aromatic nitrogens is 4. The minimum Gasteiger partial charge on any atom is -0.461 e. The number of carbonyl (C=O) groups is 1. The van der Waals surface area contributed by atoms with E-state index in [1.165, 1.54) is 16.0 Å². The maximum Gasteiger partial charge on any atom is 0.357 e. The molecule has 0 atom stereocenters. The molecule has 6 nitrogen and oxygen atoms in total. The molecule has 124 valence electrons. The fourth-order valence-electron chi connectivity index (χ4n) is 2.26. The number of ether oxygens (including phenoxy) is 1. The minimum atomic E-state index is -0.471. The molecule has 0 spiro atoms. The first-order chi connectivity index (χ1) is 11.5. The topological polar surface area (TPSA) is 69.9 Å². The summed E-state index contributed by atoms with van der Waals surface area (Å²) < 4.78 is 7.20. The molecule has 3 heterocycles. The van der Waals surface area contributed by atoms with Crippen LogP contribution in [0.15, 0.2) is 24.3 Å². The summed E-state index contributed by atoms with van der Waals surface area (Å²) >= 11 is 7.38. The first-order valence-electron chi connectivity index (χ1n) is 7.33. The molecule has 0 saturated carbocycles. The first-order valence-corrected chi connectivity index (χ1v) is 8.53. The number of nitrogens with zero attached hydrogens (tertiary/aromatic N) is 4. The van der Waals surface area contributed by atoms with Crippen molar-refractivity contribution < 1.29 is 9.53 Å². The van der Waals surface area contributed by atoms with Crippen molar-refractivity contribution in [2.24, 2.45) is 0 Å². The largest absolute Gasteiger partial charge is 0.461 e. The molecule has 0 saturated heterocycles. The van der Waals surface area contributed by atoms with Crippen LogP contribution in [0.1, 0.15) is 28.8 Å². The lowest BCUT2D eigenvalue weighted by molar-refractivity contribution is 0.0515. The van der Waals surface area contributed by atoms with Gasteiger partial charge in [0.25, 0.3) is 5.95 Å². The predicted octanol–water partition coefficient (Wildman–Crippen LogP) is 3.84. The van der Waals surface area contributed by atoms with Crippen LogP contribution in [0, 0.1) is 13.8 Å². The molecule has 3 aromatic heterocycles. The summed E-state index contributed by atoms with van der Waals surface area (Å²) in [6.45, 7) is 5.76. The van der Waals surface area contributed by atoms with E-state index in [1.54, 1.807) is 19.1 Å². The number of thiophene rings is 1. The lowest BCUT2D eigenvalue weighted by Gasteiger charge is -2.06. The summed E-state index contributed by atoms with van der Waals surface area (Å²) in [6, 6.07) is 7.17. The Hall–Kier alpha value is -2.25. The highest BCUT2D eigenvalue weighted by Crippen LogP contribution is 2.31. The van der Waals surface area contributed by atoms with E-state index in [2.05, 4.69) is 15.1 Å².